The molecule has 6 nitrogen and oxygen atoms in total. The zero-order chi connectivity index (χ0) is 15.9. The molecule has 0 amide bonds. The van der Waals surface area contributed by atoms with Crippen molar-refractivity contribution in [3.8, 4) is 0 Å². The Hall–Kier alpha value is -0.760. The molecule has 122 valence electrons. The van der Waals surface area contributed by atoms with Crippen LogP contribution in [0, 0.1) is 0 Å². The number of hydrogen-bond acceptors (Lipinski definition) is 6. The summed E-state index contributed by atoms with van der Waals surface area (Å²) in [7, 11) is 0. The molecule has 4 unspecified atom stereocenters. The van der Waals surface area contributed by atoms with Crippen molar-refractivity contribution in [2.24, 2.45) is 0 Å². The molecule has 1 heterocycles. The third-order valence-electron chi connectivity index (χ3n) is 2.97. The van der Waals surface area contributed by atoms with Crippen LogP contribution in [0.25, 0.3) is 0 Å². The van der Waals surface area contributed by atoms with E-state index in [0.717, 1.165) is 0 Å². The van der Waals surface area contributed by atoms with Crippen LogP contribution in [0.4, 0.5) is 0 Å². The van der Waals surface area contributed by atoms with Crippen LogP contribution in [0.15, 0.2) is 25.3 Å². The van der Waals surface area contributed by atoms with E-state index in [2.05, 4.69) is 13.2 Å². The van der Waals surface area contributed by atoms with Gasteiger partial charge < -0.3 is 29.2 Å². The van der Waals surface area contributed by atoms with E-state index in [4.69, 9.17) is 18.9 Å². The summed E-state index contributed by atoms with van der Waals surface area (Å²) in [5, 5.41) is 20.3. The van der Waals surface area contributed by atoms with Gasteiger partial charge in [0.25, 0.3) is 0 Å². The molecule has 2 N–H and O–H groups in total. The molecule has 0 aliphatic carbocycles. The molecule has 0 spiro atoms. The molecule has 4 atom stereocenters. The number of aliphatic hydroxyl groups is 2. The lowest BCUT2D eigenvalue weighted by atomic mass is 10.0. The van der Waals surface area contributed by atoms with Crippen molar-refractivity contribution in [1.82, 2.24) is 0 Å². The highest BCUT2D eigenvalue weighted by Gasteiger charge is 2.47. The zero-order valence-corrected chi connectivity index (χ0v) is 12.7. The van der Waals surface area contributed by atoms with Crippen LogP contribution in [-0.4, -0.2) is 66.8 Å². The molecule has 0 aromatic carbocycles. The van der Waals surface area contributed by atoms with Crippen LogP contribution in [0.2, 0.25) is 0 Å². The molecule has 0 aromatic heterocycles. The SMILES string of the molecule is C=CCOCC(O)C1OC(C)(C)OC1C(O)COCC=C. The number of rotatable bonds is 10. The highest BCUT2D eigenvalue weighted by atomic mass is 16.8. The van der Waals surface area contributed by atoms with Crippen molar-refractivity contribution in [3.05, 3.63) is 25.3 Å². The average Bonchev–Trinajstić information content (AvgIpc) is 2.75. The molecular weight excluding hydrogens is 276 g/mol. The Kier molecular flexibility index (Phi) is 7.51. The minimum absolute atomic E-state index is 0.0763. The fourth-order valence-corrected chi connectivity index (χ4v) is 2.15. The van der Waals surface area contributed by atoms with Crippen molar-refractivity contribution in [2.45, 2.75) is 44.1 Å². The standard InChI is InChI=1S/C15H26O6/c1-5-7-18-9-11(16)13-14(21-15(3,4)20-13)12(17)10-19-8-6-2/h5-6,11-14,16-17H,1-2,7-10H2,3-4H3. The van der Waals surface area contributed by atoms with E-state index in [0.29, 0.717) is 13.2 Å². The molecule has 21 heavy (non-hydrogen) atoms. The van der Waals surface area contributed by atoms with Crippen LogP contribution in [-0.2, 0) is 18.9 Å². The summed E-state index contributed by atoms with van der Waals surface area (Å²) in [5.41, 5.74) is 0. The first-order chi connectivity index (χ1) is 9.91. The van der Waals surface area contributed by atoms with E-state index in [1.807, 2.05) is 0 Å². The van der Waals surface area contributed by atoms with Gasteiger partial charge >= 0.3 is 0 Å². The fraction of sp³-hybridized carbons (Fsp3) is 0.733. The van der Waals surface area contributed by atoms with Crippen LogP contribution >= 0.6 is 0 Å². The van der Waals surface area contributed by atoms with Gasteiger partial charge in [-0.25, -0.2) is 0 Å². The monoisotopic (exact) mass is 302 g/mol. The second kappa shape index (κ2) is 8.63. The Bertz CT molecular complexity index is 300. The number of hydrogen-bond donors (Lipinski definition) is 2. The third kappa shape index (κ3) is 5.86. The smallest absolute Gasteiger partial charge is 0.164 e. The van der Waals surface area contributed by atoms with Gasteiger partial charge in [0.15, 0.2) is 5.79 Å². The lowest BCUT2D eigenvalue weighted by molar-refractivity contribution is -0.164. The number of ether oxygens (including phenoxy) is 4. The molecule has 6 heteroatoms. The molecule has 0 aromatic rings. The van der Waals surface area contributed by atoms with E-state index in [1.165, 1.54) is 0 Å². The minimum Gasteiger partial charge on any atom is -0.388 e. The van der Waals surface area contributed by atoms with Gasteiger partial charge in [0.05, 0.1) is 26.4 Å². The maximum Gasteiger partial charge on any atom is 0.164 e. The van der Waals surface area contributed by atoms with Gasteiger partial charge in [0.2, 0.25) is 0 Å². The first-order valence-electron chi connectivity index (χ1n) is 7.00. The van der Waals surface area contributed by atoms with Gasteiger partial charge in [0.1, 0.15) is 24.4 Å². The van der Waals surface area contributed by atoms with Gasteiger partial charge in [-0.1, -0.05) is 12.2 Å². The zero-order valence-electron chi connectivity index (χ0n) is 12.7. The lowest BCUT2D eigenvalue weighted by Gasteiger charge is -2.25. The summed E-state index contributed by atoms with van der Waals surface area (Å²) in [6, 6.07) is 0. The molecule has 0 bridgehead atoms. The Labute approximate surface area is 126 Å². The third-order valence-corrected chi connectivity index (χ3v) is 2.97. The van der Waals surface area contributed by atoms with Crippen LogP contribution in [0.1, 0.15) is 13.8 Å². The van der Waals surface area contributed by atoms with Crippen molar-refractivity contribution in [3.63, 3.8) is 0 Å². The molecule has 0 radical (unpaired) electrons. The van der Waals surface area contributed by atoms with Crippen LogP contribution in [0.5, 0.6) is 0 Å². The first kappa shape index (κ1) is 18.3. The van der Waals surface area contributed by atoms with E-state index in [9.17, 15) is 10.2 Å². The van der Waals surface area contributed by atoms with Crippen molar-refractivity contribution in [2.75, 3.05) is 26.4 Å². The molecule has 1 saturated heterocycles. The molecule has 0 saturated carbocycles. The topological polar surface area (TPSA) is 77.4 Å². The van der Waals surface area contributed by atoms with Crippen molar-refractivity contribution < 1.29 is 29.2 Å². The Morgan fingerprint density at radius 2 is 1.38 bits per heavy atom. The summed E-state index contributed by atoms with van der Waals surface area (Å²) in [6.45, 7) is 11.4. The largest absolute Gasteiger partial charge is 0.388 e. The molecule has 1 rings (SSSR count). The van der Waals surface area contributed by atoms with Gasteiger partial charge in [-0.2, -0.15) is 0 Å². The minimum atomic E-state index is -0.911. The average molecular weight is 302 g/mol. The summed E-state index contributed by atoms with van der Waals surface area (Å²) in [5.74, 6) is -0.881. The van der Waals surface area contributed by atoms with E-state index < -0.39 is 30.2 Å². The van der Waals surface area contributed by atoms with Gasteiger partial charge in [0, 0.05) is 0 Å². The van der Waals surface area contributed by atoms with E-state index in [1.54, 1.807) is 26.0 Å². The van der Waals surface area contributed by atoms with Crippen molar-refractivity contribution >= 4 is 0 Å². The highest BCUT2D eigenvalue weighted by Crippen LogP contribution is 2.32. The summed E-state index contributed by atoms with van der Waals surface area (Å²) < 4.78 is 21.8. The second-order valence-electron chi connectivity index (χ2n) is 5.35. The molecular formula is C15H26O6. The van der Waals surface area contributed by atoms with Gasteiger partial charge in [-0.3, -0.25) is 0 Å². The normalized spacial score (nSPS) is 27.2. The summed E-state index contributed by atoms with van der Waals surface area (Å²) >= 11 is 0. The Balaban J connectivity index is 2.60. The quantitative estimate of drug-likeness (QED) is 0.455. The van der Waals surface area contributed by atoms with E-state index >= 15 is 0 Å². The lowest BCUT2D eigenvalue weighted by Crippen LogP contribution is -2.45. The van der Waals surface area contributed by atoms with Crippen molar-refractivity contribution in [1.29, 1.82) is 0 Å². The molecule has 1 fully saturated rings. The van der Waals surface area contributed by atoms with E-state index in [-0.39, 0.29) is 13.2 Å². The maximum absolute atomic E-state index is 10.2. The maximum atomic E-state index is 10.2. The first-order valence-corrected chi connectivity index (χ1v) is 7.00. The Morgan fingerprint density at radius 1 is 1.00 bits per heavy atom. The summed E-state index contributed by atoms with van der Waals surface area (Å²) in [4.78, 5) is 0. The highest BCUT2D eigenvalue weighted by molar-refractivity contribution is 4.91. The van der Waals surface area contributed by atoms with Crippen LogP contribution < -0.4 is 0 Å². The van der Waals surface area contributed by atoms with Crippen LogP contribution in [0.3, 0.4) is 0 Å². The second-order valence-corrected chi connectivity index (χ2v) is 5.35. The molecule has 1 aliphatic rings. The fourth-order valence-electron chi connectivity index (χ4n) is 2.15. The number of aliphatic hydroxyl groups excluding tert-OH is 2. The Morgan fingerprint density at radius 3 is 1.71 bits per heavy atom. The predicted molar refractivity (Wildman–Crippen MR) is 77.9 cm³/mol. The predicted octanol–water partition coefficient (Wildman–Crippen LogP) is 0.633. The van der Waals surface area contributed by atoms with Gasteiger partial charge in [-0.15, -0.1) is 13.2 Å². The van der Waals surface area contributed by atoms with Gasteiger partial charge in [-0.05, 0) is 13.8 Å². The molecule has 1 aliphatic heterocycles. The summed E-state index contributed by atoms with van der Waals surface area (Å²) in [6.07, 6.45) is -0.00758.